The minimum absolute atomic E-state index is 0.0242. The number of amides is 1. The van der Waals surface area contributed by atoms with E-state index in [0.29, 0.717) is 40.3 Å². The van der Waals surface area contributed by atoms with Crippen molar-refractivity contribution in [3.05, 3.63) is 83.2 Å². The zero-order valence-electron chi connectivity index (χ0n) is 22.7. The predicted octanol–water partition coefficient (Wildman–Crippen LogP) is 4.95. The molecule has 1 atom stereocenters. The smallest absolute Gasteiger partial charge is 0.279 e. The van der Waals surface area contributed by atoms with Crippen molar-refractivity contribution >= 4 is 17.2 Å². The van der Waals surface area contributed by atoms with Gasteiger partial charge in [0.2, 0.25) is 11.5 Å². The second-order valence-electron chi connectivity index (χ2n) is 9.92. The van der Waals surface area contributed by atoms with Crippen molar-refractivity contribution in [2.24, 2.45) is 0 Å². The van der Waals surface area contributed by atoms with Crippen LogP contribution in [0.3, 0.4) is 0 Å². The third-order valence-corrected chi connectivity index (χ3v) is 7.12. The average Bonchev–Trinajstić information content (AvgIpc) is 3.60. The molecule has 0 N–H and O–H groups in total. The van der Waals surface area contributed by atoms with E-state index >= 15 is 0 Å². The largest absolute Gasteiger partial charge is 0.493 e. The Labute approximate surface area is 225 Å². The Morgan fingerprint density at radius 3 is 2.38 bits per heavy atom. The van der Waals surface area contributed by atoms with E-state index in [9.17, 15) is 4.79 Å². The van der Waals surface area contributed by atoms with Crippen molar-refractivity contribution in [2.75, 3.05) is 19.1 Å². The SMILES string of the molecule is COc1ccc(-c2nc3c(n2C(C)C)C(c2ccc(C)cc2)N(c2cc(OC)c4nnc(C)n4c2)C3=O)cn1. The molecule has 0 saturated heterocycles. The molecule has 5 heterocycles. The maximum atomic E-state index is 14.3. The zero-order valence-corrected chi connectivity index (χ0v) is 22.7. The Kier molecular flexibility index (Phi) is 5.82. The highest BCUT2D eigenvalue weighted by molar-refractivity contribution is 6.10. The van der Waals surface area contributed by atoms with Crippen LogP contribution in [0, 0.1) is 13.8 Å². The molecule has 0 saturated carbocycles. The number of ether oxygens (including phenoxy) is 2. The van der Waals surface area contributed by atoms with Gasteiger partial charge in [0, 0.05) is 36.1 Å². The molecule has 1 unspecified atom stereocenters. The second kappa shape index (κ2) is 9.23. The minimum Gasteiger partial charge on any atom is -0.493 e. The summed E-state index contributed by atoms with van der Waals surface area (Å²) in [5.41, 5.74) is 5.44. The van der Waals surface area contributed by atoms with E-state index < -0.39 is 6.04 Å². The number of nitrogens with zero attached hydrogens (tertiary/aromatic N) is 7. The lowest BCUT2D eigenvalue weighted by Gasteiger charge is -2.29. The van der Waals surface area contributed by atoms with Crippen molar-refractivity contribution in [2.45, 2.75) is 39.8 Å². The van der Waals surface area contributed by atoms with Gasteiger partial charge < -0.3 is 14.0 Å². The van der Waals surface area contributed by atoms with Crippen molar-refractivity contribution < 1.29 is 14.3 Å². The maximum Gasteiger partial charge on any atom is 0.279 e. The summed E-state index contributed by atoms with van der Waals surface area (Å²) < 4.78 is 14.9. The van der Waals surface area contributed by atoms with Crippen LogP contribution in [0.2, 0.25) is 0 Å². The highest BCUT2D eigenvalue weighted by Gasteiger charge is 2.45. The maximum absolute atomic E-state index is 14.3. The summed E-state index contributed by atoms with van der Waals surface area (Å²) in [6, 6.07) is 13.4. The number of benzene rings is 1. The molecule has 1 aromatic carbocycles. The molecule has 1 amide bonds. The number of pyridine rings is 2. The number of rotatable bonds is 6. The summed E-state index contributed by atoms with van der Waals surface area (Å²) in [5, 5.41) is 8.44. The molecule has 1 aliphatic heterocycles. The molecule has 10 heteroatoms. The van der Waals surface area contributed by atoms with Crippen molar-refractivity contribution in [1.29, 1.82) is 0 Å². The summed E-state index contributed by atoms with van der Waals surface area (Å²) in [6.07, 6.45) is 3.61. The molecular formula is C29H29N7O3. The van der Waals surface area contributed by atoms with Gasteiger partial charge >= 0.3 is 0 Å². The Morgan fingerprint density at radius 2 is 1.74 bits per heavy atom. The summed E-state index contributed by atoms with van der Waals surface area (Å²) in [5.74, 6) is 2.25. The van der Waals surface area contributed by atoms with Gasteiger partial charge in [-0.3, -0.25) is 14.1 Å². The Morgan fingerprint density at radius 1 is 0.974 bits per heavy atom. The zero-order chi connectivity index (χ0) is 27.4. The van der Waals surface area contributed by atoms with Crippen molar-refractivity contribution in [3.63, 3.8) is 0 Å². The van der Waals surface area contributed by atoms with Gasteiger partial charge in [-0.05, 0) is 39.3 Å². The summed E-state index contributed by atoms with van der Waals surface area (Å²) in [4.78, 5) is 25.4. The number of fused-ring (bicyclic) bond motifs is 2. The molecule has 6 rings (SSSR count). The number of hydrogen-bond acceptors (Lipinski definition) is 7. The van der Waals surface area contributed by atoms with Crippen LogP contribution in [0.25, 0.3) is 17.0 Å². The molecule has 0 bridgehead atoms. The Hall–Kier alpha value is -4.73. The third-order valence-electron chi connectivity index (χ3n) is 7.12. The fourth-order valence-electron chi connectivity index (χ4n) is 5.24. The van der Waals surface area contributed by atoms with Gasteiger partial charge in [0.15, 0.2) is 11.4 Å². The molecule has 0 radical (unpaired) electrons. The number of anilines is 1. The van der Waals surface area contributed by atoms with Gasteiger partial charge in [0.1, 0.15) is 17.7 Å². The summed E-state index contributed by atoms with van der Waals surface area (Å²) >= 11 is 0. The molecule has 5 aromatic rings. The quantitative estimate of drug-likeness (QED) is 0.310. The van der Waals surface area contributed by atoms with Gasteiger partial charge in [-0.2, -0.15) is 0 Å². The molecule has 1 aliphatic rings. The molecule has 10 nitrogen and oxygen atoms in total. The van der Waals surface area contributed by atoms with Crippen LogP contribution < -0.4 is 14.4 Å². The van der Waals surface area contributed by atoms with Gasteiger partial charge in [0.05, 0.1) is 25.6 Å². The fourth-order valence-corrected chi connectivity index (χ4v) is 5.24. The molecule has 0 aliphatic carbocycles. The average molecular weight is 524 g/mol. The summed E-state index contributed by atoms with van der Waals surface area (Å²) in [7, 11) is 3.17. The monoisotopic (exact) mass is 523 g/mol. The molecular weight excluding hydrogens is 494 g/mol. The minimum atomic E-state index is -0.415. The second-order valence-corrected chi connectivity index (χ2v) is 9.92. The van der Waals surface area contributed by atoms with E-state index in [1.54, 1.807) is 31.4 Å². The third kappa shape index (κ3) is 3.82. The highest BCUT2D eigenvalue weighted by atomic mass is 16.5. The number of imidazole rings is 1. The van der Waals surface area contributed by atoms with E-state index in [4.69, 9.17) is 14.5 Å². The first kappa shape index (κ1) is 24.6. The van der Waals surface area contributed by atoms with Gasteiger partial charge in [-0.1, -0.05) is 29.8 Å². The predicted molar refractivity (Wildman–Crippen MR) is 147 cm³/mol. The standard InChI is InChI=1S/C29H29N7O3/c1-16(2)35-26-24(31-27(35)20-11-12-23(39-6)30-14-20)29(37)36(25(26)19-9-7-17(3)8-10-19)21-13-22(38-5)28-33-32-18(4)34(28)15-21/h7-16,25H,1-6H3. The number of methoxy groups -OCH3 is 2. The fraction of sp³-hybridized carbons (Fsp3) is 0.276. The lowest BCUT2D eigenvalue weighted by Crippen LogP contribution is -2.30. The first-order chi connectivity index (χ1) is 18.8. The molecule has 0 fully saturated rings. The highest BCUT2D eigenvalue weighted by Crippen LogP contribution is 2.45. The van der Waals surface area contributed by atoms with E-state index in [-0.39, 0.29) is 11.9 Å². The van der Waals surface area contributed by atoms with Crippen molar-refractivity contribution in [1.82, 2.24) is 29.1 Å². The summed E-state index contributed by atoms with van der Waals surface area (Å²) in [6.45, 7) is 8.10. The number of hydrogen-bond donors (Lipinski definition) is 0. The van der Waals surface area contributed by atoms with E-state index in [2.05, 4.69) is 57.9 Å². The molecule has 39 heavy (non-hydrogen) atoms. The van der Waals surface area contributed by atoms with Gasteiger partial charge in [0.25, 0.3) is 5.91 Å². The van der Waals surface area contributed by atoms with Gasteiger partial charge in [-0.15, -0.1) is 10.2 Å². The van der Waals surface area contributed by atoms with Crippen LogP contribution in [0.1, 0.15) is 59.1 Å². The van der Waals surface area contributed by atoms with Crippen LogP contribution in [0.15, 0.2) is 54.9 Å². The topological polar surface area (TPSA) is 99.7 Å². The van der Waals surface area contributed by atoms with E-state index in [0.717, 1.165) is 22.4 Å². The van der Waals surface area contributed by atoms with Crippen LogP contribution in [0.5, 0.6) is 11.6 Å². The first-order valence-electron chi connectivity index (χ1n) is 12.7. The molecule has 4 aromatic heterocycles. The van der Waals surface area contributed by atoms with Gasteiger partial charge in [-0.25, -0.2) is 9.97 Å². The normalized spacial score (nSPS) is 14.9. The number of carbonyl (C=O) groups excluding carboxylic acids is 1. The van der Waals surface area contributed by atoms with Crippen LogP contribution >= 0.6 is 0 Å². The lowest BCUT2D eigenvalue weighted by atomic mass is 10.0. The van der Waals surface area contributed by atoms with E-state index in [1.165, 1.54) is 0 Å². The molecule has 198 valence electrons. The molecule has 0 spiro atoms. The van der Waals surface area contributed by atoms with Crippen LogP contribution in [-0.4, -0.2) is 49.3 Å². The van der Waals surface area contributed by atoms with Crippen LogP contribution in [-0.2, 0) is 0 Å². The number of carbonyl (C=O) groups is 1. The number of aryl methyl sites for hydroxylation is 2. The van der Waals surface area contributed by atoms with E-state index in [1.807, 2.05) is 36.6 Å². The Balaban J connectivity index is 1.59. The van der Waals surface area contributed by atoms with Crippen LogP contribution in [0.4, 0.5) is 5.69 Å². The number of aromatic nitrogens is 6. The first-order valence-corrected chi connectivity index (χ1v) is 12.7. The Bertz CT molecular complexity index is 1700. The lowest BCUT2D eigenvalue weighted by molar-refractivity contribution is 0.0989. The van der Waals surface area contributed by atoms with Crippen molar-refractivity contribution in [3.8, 4) is 23.0 Å².